The molecule has 0 aliphatic carbocycles. The Labute approximate surface area is 132 Å². The molecule has 2 rings (SSSR count). The van der Waals surface area contributed by atoms with Crippen LogP contribution in [-0.4, -0.2) is 37.0 Å². The van der Waals surface area contributed by atoms with Gasteiger partial charge in [0.15, 0.2) is 0 Å². The van der Waals surface area contributed by atoms with E-state index >= 15 is 0 Å². The molecule has 0 saturated carbocycles. The van der Waals surface area contributed by atoms with Crippen molar-refractivity contribution in [3.05, 3.63) is 41.7 Å². The number of rotatable bonds is 6. The monoisotopic (exact) mass is 304 g/mol. The van der Waals surface area contributed by atoms with Gasteiger partial charge in [-0.3, -0.25) is 4.79 Å². The summed E-state index contributed by atoms with van der Waals surface area (Å²) < 4.78 is 12.8. The summed E-state index contributed by atoms with van der Waals surface area (Å²) >= 11 is 0. The second kappa shape index (κ2) is 9.36. The van der Waals surface area contributed by atoms with Crippen LogP contribution in [-0.2, 0) is 4.79 Å². The maximum atomic E-state index is 12.8. The van der Waals surface area contributed by atoms with Gasteiger partial charge >= 0.3 is 0 Å². The minimum absolute atomic E-state index is 0.0970. The van der Waals surface area contributed by atoms with Gasteiger partial charge in [0.1, 0.15) is 5.82 Å². The Morgan fingerprint density at radius 1 is 1.14 bits per heavy atom. The van der Waals surface area contributed by atoms with Gasteiger partial charge in [-0.15, -0.1) is 0 Å². The molecule has 0 spiro atoms. The summed E-state index contributed by atoms with van der Waals surface area (Å²) in [6.07, 6.45) is 9.47. The zero-order valence-electron chi connectivity index (χ0n) is 13.1. The van der Waals surface area contributed by atoms with E-state index < -0.39 is 0 Å². The Balaban J connectivity index is 1.62. The molecule has 0 atom stereocenters. The molecule has 22 heavy (non-hydrogen) atoms. The van der Waals surface area contributed by atoms with E-state index in [1.54, 1.807) is 18.2 Å². The number of carbonyl (C=O) groups is 1. The minimum Gasteiger partial charge on any atom is -0.353 e. The lowest BCUT2D eigenvalue weighted by Gasteiger charge is -2.19. The van der Waals surface area contributed by atoms with Crippen LogP contribution in [0, 0.1) is 5.82 Å². The molecule has 3 nitrogen and oxygen atoms in total. The molecule has 1 amide bonds. The Morgan fingerprint density at radius 2 is 1.82 bits per heavy atom. The Kier molecular flexibility index (Phi) is 7.10. The van der Waals surface area contributed by atoms with Gasteiger partial charge in [-0.05, 0) is 62.7 Å². The molecule has 0 bridgehead atoms. The summed E-state index contributed by atoms with van der Waals surface area (Å²) in [5, 5.41) is 2.89. The average Bonchev–Trinajstić information content (AvgIpc) is 2.80. The third-order valence-electron chi connectivity index (χ3n) is 3.95. The van der Waals surface area contributed by atoms with Gasteiger partial charge < -0.3 is 10.2 Å². The van der Waals surface area contributed by atoms with Crippen molar-refractivity contribution in [2.45, 2.75) is 32.1 Å². The Morgan fingerprint density at radius 3 is 2.50 bits per heavy atom. The topological polar surface area (TPSA) is 32.3 Å². The highest BCUT2D eigenvalue weighted by Gasteiger charge is 2.08. The molecule has 1 aromatic rings. The summed E-state index contributed by atoms with van der Waals surface area (Å²) in [6.45, 7) is 4.14. The first kappa shape index (κ1) is 16.7. The van der Waals surface area contributed by atoms with Crippen LogP contribution in [0.4, 0.5) is 4.39 Å². The minimum atomic E-state index is -0.268. The maximum absolute atomic E-state index is 12.8. The smallest absolute Gasteiger partial charge is 0.243 e. The number of hydrogen-bond acceptors (Lipinski definition) is 2. The lowest BCUT2D eigenvalue weighted by molar-refractivity contribution is -0.116. The van der Waals surface area contributed by atoms with E-state index in [0.717, 1.165) is 18.5 Å². The summed E-state index contributed by atoms with van der Waals surface area (Å²) in [4.78, 5) is 14.2. The normalized spacial score (nSPS) is 16.6. The second-order valence-corrected chi connectivity index (χ2v) is 5.79. The zero-order valence-corrected chi connectivity index (χ0v) is 13.1. The summed E-state index contributed by atoms with van der Waals surface area (Å²) in [6, 6.07) is 6.08. The van der Waals surface area contributed by atoms with Crippen molar-refractivity contribution in [3.8, 4) is 0 Å². The molecule has 0 aromatic heterocycles. The number of likely N-dealkylation sites (tertiary alicyclic amines) is 1. The van der Waals surface area contributed by atoms with E-state index in [4.69, 9.17) is 0 Å². The van der Waals surface area contributed by atoms with Gasteiger partial charge in [-0.25, -0.2) is 4.39 Å². The fraction of sp³-hybridized carbons (Fsp3) is 0.500. The van der Waals surface area contributed by atoms with Crippen molar-refractivity contribution in [3.63, 3.8) is 0 Å². The molecule has 120 valence electrons. The maximum Gasteiger partial charge on any atom is 0.243 e. The van der Waals surface area contributed by atoms with Crippen LogP contribution in [0.2, 0.25) is 0 Å². The molecular weight excluding hydrogens is 279 g/mol. The molecule has 1 saturated heterocycles. The molecule has 1 heterocycles. The van der Waals surface area contributed by atoms with Crippen molar-refractivity contribution >= 4 is 12.0 Å². The van der Waals surface area contributed by atoms with E-state index in [1.807, 2.05) is 0 Å². The van der Waals surface area contributed by atoms with Crippen molar-refractivity contribution in [1.82, 2.24) is 10.2 Å². The third-order valence-corrected chi connectivity index (χ3v) is 3.95. The fourth-order valence-corrected chi connectivity index (χ4v) is 2.68. The Hall–Kier alpha value is -1.68. The predicted molar refractivity (Wildman–Crippen MR) is 88.0 cm³/mol. The van der Waals surface area contributed by atoms with Crippen LogP contribution in [0.25, 0.3) is 6.08 Å². The predicted octanol–water partition coefficient (Wildman–Crippen LogP) is 3.22. The summed E-state index contributed by atoms with van der Waals surface area (Å²) in [5.41, 5.74) is 0.820. The summed E-state index contributed by atoms with van der Waals surface area (Å²) in [7, 11) is 0. The van der Waals surface area contributed by atoms with Gasteiger partial charge in [-0.2, -0.15) is 0 Å². The first-order chi connectivity index (χ1) is 10.7. The van der Waals surface area contributed by atoms with Crippen LogP contribution in [0.15, 0.2) is 30.3 Å². The lowest BCUT2D eigenvalue weighted by atomic mass is 10.2. The molecule has 1 aromatic carbocycles. The first-order valence-electron chi connectivity index (χ1n) is 8.18. The number of hydrogen-bond donors (Lipinski definition) is 1. The first-order valence-corrected chi connectivity index (χ1v) is 8.18. The van der Waals surface area contributed by atoms with Gasteiger partial charge in [0, 0.05) is 12.6 Å². The highest BCUT2D eigenvalue weighted by molar-refractivity contribution is 5.91. The van der Waals surface area contributed by atoms with Crippen LogP contribution in [0.1, 0.15) is 37.7 Å². The molecule has 0 radical (unpaired) electrons. The van der Waals surface area contributed by atoms with Gasteiger partial charge in [0.05, 0.1) is 0 Å². The number of amides is 1. The van der Waals surface area contributed by atoms with Crippen LogP contribution < -0.4 is 5.32 Å². The van der Waals surface area contributed by atoms with Crippen molar-refractivity contribution in [2.75, 3.05) is 26.2 Å². The van der Waals surface area contributed by atoms with Crippen LogP contribution >= 0.6 is 0 Å². The van der Waals surface area contributed by atoms with Crippen LogP contribution in [0.5, 0.6) is 0 Å². The van der Waals surface area contributed by atoms with E-state index in [2.05, 4.69) is 10.2 Å². The molecule has 0 unspecified atom stereocenters. The molecular formula is C18H25FN2O. The van der Waals surface area contributed by atoms with Crippen molar-refractivity contribution < 1.29 is 9.18 Å². The highest BCUT2D eigenvalue weighted by atomic mass is 19.1. The number of nitrogens with zero attached hydrogens (tertiary/aromatic N) is 1. The van der Waals surface area contributed by atoms with Gasteiger partial charge in [0.25, 0.3) is 0 Å². The largest absolute Gasteiger partial charge is 0.353 e. The van der Waals surface area contributed by atoms with Crippen molar-refractivity contribution in [2.24, 2.45) is 0 Å². The Bertz CT molecular complexity index is 476. The average molecular weight is 304 g/mol. The third kappa shape index (κ3) is 6.39. The SMILES string of the molecule is O=C(/C=C/c1ccc(F)cc1)NCCCN1CCCCCC1. The highest BCUT2D eigenvalue weighted by Crippen LogP contribution is 2.09. The molecule has 1 aliphatic heterocycles. The zero-order chi connectivity index (χ0) is 15.6. The van der Waals surface area contributed by atoms with E-state index in [1.165, 1.54) is 57.0 Å². The van der Waals surface area contributed by atoms with Crippen molar-refractivity contribution in [1.29, 1.82) is 0 Å². The number of benzene rings is 1. The molecule has 1 N–H and O–H groups in total. The number of nitrogens with one attached hydrogen (secondary N) is 1. The number of carbonyl (C=O) groups excluding carboxylic acids is 1. The standard InChI is InChI=1S/C18H25FN2O/c19-17-9-6-16(7-10-17)8-11-18(22)20-12-5-15-21-13-3-1-2-4-14-21/h6-11H,1-5,12-15H2,(H,20,22)/b11-8+. The fourth-order valence-electron chi connectivity index (χ4n) is 2.68. The molecule has 1 fully saturated rings. The number of halogens is 1. The van der Waals surface area contributed by atoms with Gasteiger partial charge in [0.2, 0.25) is 5.91 Å². The van der Waals surface area contributed by atoms with Gasteiger partial charge in [-0.1, -0.05) is 25.0 Å². The van der Waals surface area contributed by atoms with E-state index in [-0.39, 0.29) is 11.7 Å². The van der Waals surface area contributed by atoms with Crippen LogP contribution in [0.3, 0.4) is 0 Å². The second-order valence-electron chi connectivity index (χ2n) is 5.79. The molecule has 4 heteroatoms. The van der Waals surface area contributed by atoms with E-state index in [0.29, 0.717) is 6.54 Å². The summed E-state index contributed by atoms with van der Waals surface area (Å²) in [5.74, 6) is -0.365. The quantitative estimate of drug-likeness (QED) is 0.646. The van der Waals surface area contributed by atoms with E-state index in [9.17, 15) is 9.18 Å². The lowest BCUT2D eigenvalue weighted by Crippen LogP contribution is -2.30. The molecule has 1 aliphatic rings.